The van der Waals surface area contributed by atoms with Crippen LogP contribution in [0.1, 0.15) is 72.5 Å². The number of benzene rings is 3. The number of ketones is 1. The zero-order valence-corrected chi connectivity index (χ0v) is 26.0. The molecule has 1 aliphatic rings. The van der Waals surface area contributed by atoms with Crippen molar-refractivity contribution in [2.75, 3.05) is 44.2 Å². The summed E-state index contributed by atoms with van der Waals surface area (Å²) in [5.74, 6) is 0.781. The van der Waals surface area contributed by atoms with Gasteiger partial charge < -0.3 is 19.5 Å². The molecular weight excluding hydrogens is 536 g/mol. The van der Waals surface area contributed by atoms with Gasteiger partial charge in [-0.1, -0.05) is 60.9 Å². The Morgan fingerprint density at radius 3 is 2.28 bits per heavy atom. The molecule has 230 valence electrons. The topological polar surface area (TPSA) is 70.1 Å². The van der Waals surface area contributed by atoms with Gasteiger partial charge in [-0.2, -0.15) is 0 Å². The molecule has 6 nitrogen and oxygen atoms in total. The van der Waals surface area contributed by atoms with Crippen LogP contribution in [0.2, 0.25) is 0 Å². The Kier molecular flexibility index (Phi) is 12.7. The molecule has 0 amide bonds. The number of hydrogen-bond acceptors (Lipinski definition) is 5. The molecule has 1 saturated heterocycles. The van der Waals surface area contributed by atoms with E-state index in [9.17, 15) is 14.7 Å². The van der Waals surface area contributed by atoms with Gasteiger partial charge in [0, 0.05) is 44.8 Å². The Labute approximate surface area is 257 Å². The molecule has 4 rings (SSSR count). The monoisotopic (exact) mass is 584 g/mol. The number of nitrogens with zero attached hydrogens (tertiary/aromatic N) is 2. The van der Waals surface area contributed by atoms with E-state index in [1.54, 1.807) is 19.1 Å². The molecule has 43 heavy (non-hydrogen) atoms. The van der Waals surface area contributed by atoms with Crippen molar-refractivity contribution in [1.29, 1.82) is 0 Å². The van der Waals surface area contributed by atoms with Crippen molar-refractivity contribution in [2.45, 2.75) is 65.2 Å². The normalized spacial score (nSPS) is 14.4. The zero-order valence-electron chi connectivity index (χ0n) is 26.0. The number of hydrogen-bond donors (Lipinski definition) is 1. The first-order valence-corrected chi connectivity index (χ1v) is 15.9. The molecule has 3 aromatic rings. The van der Waals surface area contributed by atoms with Gasteiger partial charge in [0.2, 0.25) is 0 Å². The molecule has 0 radical (unpaired) electrons. The summed E-state index contributed by atoms with van der Waals surface area (Å²) in [5.41, 5.74) is 5.33. The highest BCUT2D eigenvalue weighted by Crippen LogP contribution is 2.26. The highest BCUT2D eigenvalue weighted by atomic mass is 16.5. The summed E-state index contributed by atoms with van der Waals surface area (Å²) >= 11 is 0. The van der Waals surface area contributed by atoms with Crippen molar-refractivity contribution in [2.24, 2.45) is 5.92 Å². The van der Waals surface area contributed by atoms with Crippen LogP contribution in [-0.2, 0) is 17.6 Å². The minimum atomic E-state index is -0.898. The minimum absolute atomic E-state index is 0.247. The van der Waals surface area contributed by atoms with Crippen molar-refractivity contribution >= 4 is 17.4 Å². The van der Waals surface area contributed by atoms with Crippen molar-refractivity contribution < 1.29 is 19.4 Å². The number of rotatable bonds is 17. The quantitative estimate of drug-likeness (QED) is 0.169. The Balaban J connectivity index is 1.24. The summed E-state index contributed by atoms with van der Waals surface area (Å²) in [5, 5.41) is 9.24. The Morgan fingerprint density at radius 1 is 0.860 bits per heavy atom. The first-order chi connectivity index (χ1) is 20.9. The molecule has 6 heteroatoms. The van der Waals surface area contributed by atoms with Gasteiger partial charge in [-0.15, -0.1) is 0 Å². The number of para-hydroxylation sites is 1. The molecule has 0 unspecified atom stereocenters. The van der Waals surface area contributed by atoms with Gasteiger partial charge in [0.25, 0.3) is 0 Å². The fourth-order valence-electron chi connectivity index (χ4n) is 5.94. The van der Waals surface area contributed by atoms with E-state index in [0.29, 0.717) is 24.5 Å². The van der Waals surface area contributed by atoms with Crippen LogP contribution in [0, 0.1) is 12.8 Å². The summed E-state index contributed by atoms with van der Waals surface area (Å²) in [6.07, 6.45) is 7.49. The molecule has 0 saturated carbocycles. The molecule has 1 fully saturated rings. The lowest BCUT2D eigenvalue weighted by Gasteiger charge is -2.36. The maximum Gasteiger partial charge on any atom is 0.335 e. The maximum absolute atomic E-state index is 11.4. The second-order valence-corrected chi connectivity index (χ2v) is 12.0. The molecule has 1 N–H and O–H groups in total. The van der Waals surface area contributed by atoms with Crippen molar-refractivity contribution in [3.63, 3.8) is 0 Å². The fourth-order valence-corrected chi connectivity index (χ4v) is 5.94. The first-order valence-electron chi connectivity index (χ1n) is 15.9. The standard InChI is InChI=1S/C37H48N2O4/c1-29-12-20-35(21-13-29)39-25-23-38(24-26-39)22-7-27-43-36-11-6-5-10-33(36)17-14-31(9-4-3-8-30(2)40)28-32-15-18-34(19-16-32)37(41)42/h5-6,10-13,15-16,18-21,31H,3-4,7-9,14,17,22-28H2,1-2H3,(H,41,42)/t31-/m0/s1. The van der Waals surface area contributed by atoms with E-state index in [2.05, 4.69) is 59.2 Å². The van der Waals surface area contributed by atoms with Gasteiger partial charge in [0.1, 0.15) is 11.5 Å². The summed E-state index contributed by atoms with van der Waals surface area (Å²) < 4.78 is 6.31. The van der Waals surface area contributed by atoms with Gasteiger partial charge in [-0.05, 0) is 93.3 Å². The number of carbonyl (C=O) groups is 2. The van der Waals surface area contributed by atoms with E-state index in [-0.39, 0.29) is 5.78 Å². The molecule has 1 aliphatic heterocycles. The number of piperazine rings is 1. The van der Waals surface area contributed by atoms with Crippen LogP contribution in [0.15, 0.2) is 72.8 Å². The van der Waals surface area contributed by atoms with Crippen molar-refractivity contribution in [3.05, 3.63) is 95.1 Å². The lowest BCUT2D eigenvalue weighted by Crippen LogP contribution is -2.46. The lowest BCUT2D eigenvalue weighted by molar-refractivity contribution is -0.117. The van der Waals surface area contributed by atoms with E-state index in [1.165, 1.54) is 16.8 Å². The minimum Gasteiger partial charge on any atom is -0.493 e. The third kappa shape index (κ3) is 10.9. The molecule has 0 bridgehead atoms. The van der Waals surface area contributed by atoms with Crippen LogP contribution < -0.4 is 9.64 Å². The van der Waals surface area contributed by atoms with E-state index in [0.717, 1.165) is 89.0 Å². The molecular formula is C37H48N2O4. The lowest BCUT2D eigenvalue weighted by atomic mass is 9.88. The third-order valence-electron chi connectivity index (χ3n) is 8.56. The molecule has 0 aliphatic carbocycles. The summed E-state index contributed by atoms with van der Waals surface area (Å²) in [6, 6.07) is 24.5. The van der Waals surface area contributed by atoms with Crippen LogP contribution in [0.5, 0.6) is 5.75 Å². The number of unbranched alkanes of at least 4 members (excludes halogenated alkanes) is 1. The number of ether oxygens (including phenoxy) is 1. The number of aryl methyl sites for hydroxylation is 2. The smallest absolute Gasteiger partial charge is 0.335 e. The molecule has 1 heterocycles. The van der Waals surface area contributed by atoms with E-state index < -0.39 is 5.97 Å². The van der Waals surface area contributed by atoms with Crippen LogP contribution in [0.25, 0.3) is 0 Å². The van der Waals surface area contributed by atoms with Crippen LogP contribution >= 0.6 is 0 Å². The fraction of sp³-hybridized carbons (Fsp3) is 0.459. The summed E-state index contributed by atoms with van der Waals surface area (Å²) in [7, 11) is 0. The van der Waals surface area contributed by atoms with Gasteiger partial charge in [-0.25, -0.2) is 4.79 Å². The highest BCUT2D eigenvalue weighted by molar-refractivity contribution is 5.87. The average molecular weight is 585 g/mol. The van der Waals surface area contributed by atoms with Gasteiger partial charge in [0.05, 0.1) is 12.2 Å². The van der Waals surface area contributed by atoms with E-state index >= 15 is 0 Å². The number of carboxylic acids is 1. The summed E-state index contributed by atoms with van der Waals surface area (Å²) in [6.45, 7) is 9.83. The number of anilines is 1. The van der Waals surface area contributed by atoms with Crippen LogP contribution in [0.3, 0.4) is 0 Å². The maximum atomic E-state index is 11.4. The number of carbonyl (C=O) groups excluding carboxylic acids is 1. The number of carboxylic acid groups (broad SMARTS) is 1. The van der Waals surface area contributed by atoms with Crippen molar-refractivity contribution in [1.82, 2.24) is 4.90 Å². The summed E-state index contributed by atoms with van der Waals surface area (Å²) in [4.78, 5) is 27.7. The Hall–Kier alpha value is -3.64. The number of aromatic carboxylic acids is 1. The zero-order chi connectivity index (χ0) is 30.4. The Bertz CT molecular complexity index is 1280. The van der Waals surface area contributed by atoms with Gasteiger partial charge >= 0.3 is 5.97 Å². The first kappa shape index (κ1) is 32.3. The van der Waals surface area contributed by atoms with E-state index in [4.69, 9.17) is 4.74 Å². The largest absolute Gasteiger partial charge is 0.493 e. The third-order valence-corrected chi connectivity index (χ3v) is 8.56. The second-order valence-electron chi connectivity index (χ2n) is 12.0. The van der Waals surface area contributed by atoms with Crippen LogP contribution in [0.4, 0.5) is 5.69 Å². The molecule has 0 aromatic heterocycles. The van der Waals surface area contributed by atoms with Crippen LogP contribution in [-0.4, -0.2) is 61.1 Å². The molecule has 1 atom stereocenters. The highest BCUT2D eigenvalue weighted by Gasteiger charge is 2.17. The number of Topliss-reactive ketones (excluding diaryl/α,β-unsaturated/α-hetero) is 1. The molecule has 0 spiro atoms. The van der Waals surface area contributed by atoms with E-state index in [1.807, 2.05) is 18.2 Å². The van der Waals surface area contributed by atoms with Gasteiger partial charge in [0.15, 0.2) is 0 Å². The average Bonchev–Trinajstić information content (AvgIpc) is 3.01. The Morgan fingerprint density at radius 2 is 1.58 bits per heavy atom. The van der Waals surface area contributed by atoms with Gasteiger partial charge in [-0.3, -0.25) is 4.90 Å². The predicted octanol–water partition coefficient (Wildman–Crippen LogP) is 7.23. The van der Waals surface area contributed by atoms with Crippen molar-refractivity contribution in [3.8, 4) is 5.75 Å². The SMILES string of the molecule is CC(=O)CCCC[C@@H](CCc1ccccc1OCCCN1CCN(c2ccc(C)cc2)CC1)Cc1ccc(C(=O)O)cc1. The predicted molar refractivity (Wildman–Crippen MR) is 174 cm³/mol. The molecule has 3 aromatic carbocycles. The second kappa shape index (κ2) is 16.9.